The number of carbonyl (C=O) groups excluding carboxylic acids is 1. The third-order valence-corrected chi connectivity index (χ3v) is 3.08. The van der Waals surface area contributed by atoms with Crippen LogP contribution in [-0.2, 0) is 0 Å². The van der Waals surface area contributed by atoms with Crippen molar-refractivity contribution in [1.82, 2.24) is 0 Å². The molecule has 0 unspecified atom stereocenters. The molecule has 0 saturated carbocycles. The molecule has 0 saturated heterocycles. The van der Waals surface area contributed by atoms with E-state index in [0.29, 0.717) is 10.2 Å². The Balaban J connectivity index is 2.02. The Morgan fingerprint density at radius 3 is 2.55 bits per heavy atom. The molecule has 0 aliphatic carbocycles. The van der Waals surface area contributed by atoms with Gasteiger partial charge >= 0.3 is 0 Å². The average Bonchev–Trinajstić information content (AvgIpc) is 2.43. The Labute approximate surface area is 123 Å². The van der Waals surface area contributed by atoms with Crippen molar-refractivity contribution in [2.24, 2.45) is 5.10 Å². The normalized spacial score (nSPS) is 10.7. The summed E-state index contributed by atoms with van der Waals surface area (Å²) in [4.78, 5) is 10.6. The first kappa shape index (κ1) is 14.2. The van der Waals surface area contributed by atoms with E-state index in [0.717, 1.165) is 5.56 Å². The van der Waals surface area contributed by atoms with E-state index in [-0.39, 0.29) is 11.4 Å². The number of nitrogens with zero attached hydrogens (tertiary/aromatic N) is 1. The van der Waals surface area contributed by atoms with Crippen LogP contribution >= 0.6 is 15.9 Å². The maximum absolute atomic E-state index is 13.0. The minimum Gasteiger partial charge on any atom is -0.545 e. The molecule has 0 bridgehead atoms. The fourth-order valence-electron chi connectivity index (χ4n) is 1.45. The van der Waals surface area contributed by atoms with E-state index in [4.69, 9.17) is 0 Å². The molecular weight excluding hydrogens is 327 g/mol. The summed E-state index contributed by atoms with van der Waals surface area (Å²) < 4.78 is 13.4. The number of anilines is 1. The maximum Gasteiger partial charge on any atom is 0.137 e. The lowest BCUT2D eigenvalue weighted by Crippen LogP contribution is -2.21. The molecule has 0 spiro atoms. The molecule has 0 radical (unpaired) electrons. The molecule has 4 nitrogen and oxygen atoms in total. The quantitative estimate of drug-likeness (QED) is 0.689. The monoisotopic (exact) mass is 335 g/mol. The standard InChI is InChI=1S/C14H10BrFN2O2/c15-12-7-9(1-6-13(12)16)8-17-18-11-4-2-10(3-5-11)14(19)20/h1-8,18H,(H,19,20)/p-1/b17-8-. The first-order valence-corrected chi connectivity index (χ1v) is 6.41. The van der Waals surface area contributed by atoms with Gasteiger partial charge in [0, 0.05) is 0 Å². The molecule has 20 heavy (non-hydrogen) atoms. The van der Waals surface area contributed by atoms with Gasteiger partial charge in [0.05, 0.1) is 22.3 Å². The topological polar surface area (TPSA) is 64.5 Å². The smallest absolute Gasteiger partial charge is 0.137 e. The zero-order valence-corrected chi connectivity index (χ0v) is 11.7. The van der Waals surface area contributed by atoms with Crippen molar-refractivity contribution >= 4 is 33.8 Å². The van der Waals surface area contributed by atoms with E-state index in [1.807, 2.05) is 0 Å². The fraction of sp³-hybridized carbons (Fsp3) is 0. The van der Waals surface area contributed by atoms with Gasteiger partial charge in [0.1, 0.15) is 5.82 Å². The Morgan fingerprint density at radius 2 is 1.95 bits per heavy atom. The van der Waals surface area contributed by atoms with Crippen LogP contribution in [-0.4, -0.2) is 12.2 Å². The number of carboxylic acids is 1. The Kier molecular flexibility index (Phi) is 4.47. The van der Waals surface area contributed by atoms with Crippen molar-refractivity contribution in [3.8, 4) is 0 Å². The van der Waals surface area contributed by atoms with Crippen LogP contribution in [0, 0.1) is 5.82 Å². The van der Waals surface area contributed by atoms with E-state index in [1.165, 1.54) is 24.4 Å². The molecule has 0 amide bonds. The summed E-state index contributed by atoms with van der Waals surface area (Å²) in [6.07, 6.45) is 1.52. The number of hydrazone groups is 1. The van der Waals surface area contributed by atoms with Crippen LogP contribution < -0.4 is 10.5 Å². The number of rotatable bonds is 4. The number of carbonyl (C=O) groups is 1. The predicted molar refractivity (Wildman–Crippen MR) is 76.1 cm³/mol. The number of carboxylic acid groups (broad SMARTS) is 1. The fourth-order valence-corrected chi connectivity index (χ4v) is 1.85. The van der Waals surface area contributed by atoms with Crippen LogP contribution in [0.1, 0.15) is 15.9 Å². The number of hydrogen-bond acceptors (Lipinski definition) is 4. The van der Waals surface area contributed by atoms with Crippen molar-refractivity contribution in [3.63, 3.8) is 0 Å². The molecule has 0 aromatic heterocycles. The van der Waals surface area contributed by atoms with Crippen LogP contribution in [0.25, 0.3) is 0 Å². The number of aromatic carboxylic acids is 1. The van der Waals surface area contributed by atoms with Gasteiger partial charge in [0.15, 0.2) is 0 Å². The van der Waals surface area contributed by atoms with Gasteiger partial charge in [-0.1, -0.05) is 18.2 Å². The molecule has 6 heteroatoms. The van der Waals surface area contributed by atoms with E-state index < -0.39 is 5.97 Å². The molecular formula is C14H9BrFN2O2-. The number of hydrogen-bond donors (Lipinski definition) is 1. The first-order valence-electron chi connectivity index (χ1n) is 5.62. The van der Waals surface area contributed by atoms with Crippen molar-refractivity contribution in [2.75, 3.05) is 5.43 Å². The van der Waals surface area contributed by atoms with Gasteiger partial charge in [-0.25, -0.2) is 4.39 Å². The van der Waals surface area contributed by atoms with Crippen LogP contribution in [0.5, 0.6) is 0 Å². The van der Waals surface area contributed by atoms with Gasteiger partial charge in [-0.15, -0.1) is 0 Å². The second-order valence-corrected chi connectivity index (χ2v) is 4.76. The Morgan fingerprint density at radius 1 is 1.25 bits per heavy atom. The van der Waals surface area contributed by atoms with Gasteiger partial charge in [0.25, 0.3) is 0 Å². The van der Waals surface area contributed by atoms with Gasteiger partial charge < -0.3 is 9.90 Å². The zero-order valence-electron chi connectivity index (χ0n) is 10.1. The van der Waals surface area contributed by atoms with Crippen LogP contribution in [0.4, 0.5) is 10.1 Å². The van der Waals surface area contributed by atoms with Crippen molar-refractivity contribution in [2.45, 2.75) is 0 Å². The lowest BCUT2D eigenvalue weighted by atomic mass is 10.2. The van der Waals surface area contributed by atoms with E-state index in [1.54, 1.807) is 24.3 Å². The summed E-state index contributed by atoms with van der Waals surface area (Å²) in [6.45, 7) is 0. The van der Waals surface area contributed by atoms with Crippen molar-refractivity contribution in [3.05, 3.63) is 63.9 Å². The second-order valence-electron chi connectivity index (χ2n) is 3.91. The largest absolute Gasteiger partial charge is 0.545 e. The first-order chi connectivity index (χ1) is 9.56. The average molecular weight is 336 g/mol. The molecule has 0 fully saturated rings. The maximum atomic E-state index is 13.0. The molecule has 2 aromatic carbocycles. The number of halogens is 2. The predicted octanol–water partition coefficient (Wildman–Crippen LogP) is 2.40. The molecule has 102 valence electrons. The van der Waals surface area contributed by atoms with E-state index in [9.17, 15) is 14.3 Å². The van der Waals surface area contributed by atoms with Crippen molar-refractivity contribution in [1.29, 1.82) is 0 Å². The SMILES string of the molecule is O=C([O-])c1ccc(N/N=C\c2ccc(F)c(Br)c2)cc1. The lowest BCUT2D eigenvalue weighted by molar-refractivity contribution is -0.255. The van der Waals surface area contributed by atoms with Gasteiger partial charge in [-0.3, -0.25) is 5.43 Å². The lowest BCUT2D eigenvalue weighted by Gasteiger charge is -2.04. The highest BCUT2D eigenvalue weighted by Crippen LogP contribution is 2.16. The molecule has 0 heterocycles. The summed E-state index contributed by atoms with van der Waals surface area (Å²) in [6, 6.07) is 10.5. The second kappa shape index (κ2) is 6.29. The molecule has 0 aliphatic rings. The third kappa shape index (κ3) is 3.64. The van der Waals surface area contributed by atoms with E-state index in [2.05, 4.69) is 26.5 Å². The zero-order chi connectivity index (χ0) is 14.5. The number of nitrogens with one attached hydrogen (secondary N) is 1. The van der Waals surface area contributed by atoms with Gasteiger partial charge in [0.2, 0.25) is 0 Å². The van der Waals surface area contributed by atoms with Crippen LogP contribution in [0.3, 0.4) is 0 Å². The molecule has 2 aromatic rings. The van der Waals surface area contributed by atoms with Crippen LogP contribution in [0.15, 0.2) is 52.0 Å². The number of benzene rings is 2. The highest BCUT2D eigenvalue weighted by molar-refractivity contribution is 9.10. The van der Waals surface area contributed by atoms with Crippen LogP contribution in [0.2, 0.25) is 0 Å². The van der Waals surface area contributed by atoms with E-state index >= 15 is 0 Å². The summed E-state index contributed by atoms with van der Waals surface area (Å²) in [7, 11) is 0. The highest BCUT2D eigenvalue weighted by atomic mass is 79.9. The minimum absolute atomic E-state index is 0.0991. The molecule has 0 aliphatic heterocycles. The molecule has 2 rings (SSSR count). The highest BCUT2D eigenvalue weighted by Gasteiger charge is 1.98. The summed E-state index contributed by atoms with van der Waals surface area (Å²) in [5.74, 6) is -1.57. The summed E-state index contributed by atoms with van der Waals surface area (Å²) >= 11 is 3.09. The minimum atomic E-state index is -1.23. The van der Waals surface area contributed by atoms with Gasteiger partial charge in [-0.05, 0) is 51.3 Å². The van der Waals surface area contributed by atoms with Crippen molar-refractivity contribution < 1.29 is 14.3 Å². The Hall–Kier alpha value is -2.21. The third-order valence-electron chi connectivity index (χ3n) is 2.47. The molecule has 1 N–H and O–H groups in total. The Bertz CT molecular complexity index is 657. The van der Waals surface area contributed by atoms with Gasteiger partial charge in [-0.2, -0.15) is 5.10 Å². The molecule has 0 atom stereocenters. The summed E-state index contributed by atoms with van der Waals surface area (Å²) in [5.41, 5.74) is 4.19. The summed E-state index contributed by atoms with van der Waals surface area (Å²) in [5, 5.41) is 14.6.